The van der Waals surface area contributed by atoms with Gasteiger partial charge in [0.1, 0.15) is 0 Å². The number of rotatable bonds is 3. The molecule has 1 amide bonds. The fourth-order valence-electron chi connectivity index (χ4n) is 3.37. The molecule has 2 heterocycles. The lowest BCUT2D eigenvalue weighted by atomic mass is 10.2. The third kappa shape index (κ3) is 4.13. The van der Waals surface area contributed by atoms with Crippen molar-refractivity contribution in [2.24, 2.45) is 4.99 Å². The van der Waals surface area contributed by atoms with E-state index in [1.165, 1.54) is 11.8 Å². The zero-order valence-corrected chi connectivity index (χ0v) is 19.8. The molecule has 1 fully saturated rings. The number of aromatic nitrogens is 1. The van der Waals surface area contributed by atoms with Crippen LogP contribution in [0.2, 0.25) is 5.02 Å². The first-order valence-electron chi connectivity index (χ1n) is 9.33. The van der Waals surface area contributed by atoms with E-state index in [1.54, 1.807) is 0 Å². The molecule has 2 aromatic carbocycles. The number of hydrogen-bond donors (Lipinski definition) is 1. The highest BCUT2D eigenvalue weighted by molar-refractivity contribution is 9.10. The zero-order valence-electron chi connectivity index (χ0n) is 16.7. The fourth-order valence-corrected chi connectivity index (χ4v) is 4.63. The molecule has 0 bridgehead atoms. The van der Waals surface area contributed by atoms with E-state index in [-0.39, 0.29) is 5.91 Å². The molecule has 1 aromatic heterocycles. The Labute approximate surface area is 193 Å². The minimum Gasteiger partial charge on any atom is -0.318 e. The molecule has 4 rings (SSSR count). The van der Waals surface area contributed by atoms with Gasteiger partial charge in [-0.15, -0.1) is 0 Å². The quantitative estimate of drug-likeness (QED) is 0.406. The molecule has 152 valence electrons. The summed E-state index contributed by atoms with van der Waals surface area (Å²) in [6, 6.07) is 15.8. The number of thioether (sulfide) groups is 1. The molecule has 30 heavy (non-hydrogen) atoms. The van der Waals surface area contributed by atoms with Gasteiger partial charge in [-0.3, -0.25) is 4.79 Å². The van der Waals surface area contributed by atoms with E-state index in [2.05, 4.69) is 62.9 Å². The lowest BCUT2D eigenvalue weighted by Crippen LogP contribution is -2.19. The predicted octanol–water partition coefficient (Wildman–Crippen LogP) is 6.71. The number of nitrogens with zero attached hydrogens (tertiary/aromatic N) is 2. The van der Waals surface area contributed by atoms with Crippen LogP contribution in [0.1, 0.15) is 22.5 Å². The van der Waals surface area contributed by atoms with Crippen LogP contribution in [0, 0.1) is 20.8 Å². The number of amides is 1. The molecule has 0 unspecified atom stereocenters. The van der Waals surface area contributed by atoms with Crippen molar-refractivity contribution < 1.29 is 4.79 Å². The second-order valence-corrected chi connectivity index (χ2v) is 9.36. The fraction of sp³-hybridized carbons (Fsp3) is 0.130. The van der Waals surface area contributed by atoms with E-state index in [1.807, 2.05) is 43.3 Å². The van der Waals surface area contributed by atoms with E-state index >= 15 is 0 Å². The Bertz CT molecular complexity index is 1210. The number of aliphatic imine (C=N–C) groups is 1. The minimum atomic E-state index is -0.146. The Balaban J connectivity index is 1.65. The van der Waals surface area contributed by atoms with Crippen LogP contribution in [0.25, 0.3) is 11.8 Å². The maximum atomic E-state index is 12.5. The van der Waals surface area contributed by atoms with Gasteiger partial charge in [-0.25, -0.2) is 4.99 Å². The number of carbonyl (C=O) groups excluding carboxylic acids is 1. The normalized spacial score (nSPS) is 16.5. The molecule has 0 saturated carbocycles. The first kappa shape index (κ1) is 21.0. The van der Waals surface area contributed by atoms with E-state index in [9.17, 15) is 4.79 Å². The molecular formula is C23H19BrClN3OS. The Morgan fingerprint density at radius 2 is 1.87 bits per heavy atom. The minimum absolute atomic E-state index is 0.146. The van der Waals surface area contributed by atoms with E-state index < -0.39 is 0 Å². The molecule has 1 aliphatic rings. The Kier molecular flexibility index (Phi) is 5.91. The van der Waals surface area contributed by atoms with Gasteiger partial charge < -0.3 is 9.88 Å². The number of nitrogens with one attached hydrogen (secondary N) is 1. The number of amidine groups is 1. The number of aryl methyl sites for hydroxylation is 1. The molecule has 0 atom stereocenters. The summed E-state index contributed by atoms with van der Waals surface area (Å²) in [5.41, 5.74) is 5.91. The second-order valence-electron chi connectivity index (χ2n) is 7.00. The van der Waals surface area contributed by atoms with Gasteiger partial charge in [-0.1, -0.05) is 33.6 Å². The molecular weight excluding hydrogens is 482 g/mol. The van der Waals surface area contributed by atoms with E-state index in [4.69, 9.17) is 11.6 Å². The lowest BCUT2D eigenvalue weighted by Gasteiger charge is -2.09. The van der Waals surface area contributed by atoms with Crippen molar-refractivity contribution in [3.8, 4) is 5.69 Å². The molecule has 0 spiro atoms. The summed E-state index contributed by atoms with van der Waals surface area (Å²) in [7, 11) is 0. The average Bonchev–Trinajstić information content (AvgIpc) is 3.19. The molecule has 1 N–H and O–H groups in total. The topological polar surface area (TPSA) is 46.4 Å². The average molecular weight is 501 g/mol. The van der Waals surface area contributed by atoms with Gasteiger partial charge in [0.2, 0.25) is 0 Å². The third-order valence-electron chi connectivity index (χ3n) is 4.95. The standard InChI is InChI=1S/C23H19BrClN3OS/c1-13-11-16(15(3)28(13)18-9-7-17(24)8-10-18)12-21-22(29)27-23(30-21)26-20-6-4-5-19(25)14(20)2/h4-12H,1-3H3,(H,26,27,29)/b21-12-. The Morgan fingerprint density at radius 3 is 2.60 bits per heavy atom. The number of hydrogen-bond acceptors (Lipinski definition) is 3. The molecule has 0 radical (unpaired) electrons. The molecule has 1 saturated heterocycles. The van der Waals surface area contributed by atoms with Crippen molar-refractivity contribution in [2.75, 3.05) is 0 Å². The first-order valence-corrected chi connectivity index (χ1v) is 11.3. The summed E-state index contributed by atoms with van der Waals surface area (Å²) in [6.45, 7) is 6.04. The van der Waals surface area contributed by atoms with Gasteiger partial charge in [0, 0.05) is 26.6 Å². The summed E-state index contributed by atoms with van der Waals surface area (Å²) >= 11 is 11.0. The smallest absolute Gasteiger partial charge is 0.264 e. The van der Waals surface area contributed by atoms with E-state index in [0.717, 1.165) is 38.4 Å². The summed E-state index contributed by atoms with van der Waals surface area (Å²) < 4.78 is 3.22. The van der Waals surface area contributed by atoms with Gasteiger partial charge in [0.15, 0.2) is 5.17 Å². The predicted molar refractivity (Wildman–Crippen MR) is 130 cm³/mol. The van der Waals surface area contributed by atoms with Gasteiger partial charge in [-0.05, 0) is 92.2 Å². The number of carbonyl (C=O) groups is 1. The molecule has 7 heteroatoms. The SMILES string of the molecule is Cc1c(Cl)cccc1N=C1NC(=O)/C(=C/c2cc(C)n(-c3ccc(Br)cc3)c2C)S1. The monoisotopic (exact) mass is 499 g/mol. The Morgan fingerprint density at radius 1 is 1.13 bits per heavy atom. The van der Waals surface area contributed by atoms with E-state index in [0.29, 0.717) is 15.1 Å². The van der Waals surface area contributed by atoms with Crippen molar-refractivity contribution in [1.29, 1.82) is 0 Å². The molecule has 0 aliphatic carbocycles. The molecule has 3 aromatic rings. The molecule has 4 nitrogen and oxygen atoms in total. The van der Waals surface area contributed by atoms with Crippen LogP contribution in [-0.2, 0) is 4.79 Å². The number of halogens is 2. The van der Waals surface area contributed by atoms with Crippen molar-refractivity contribution in [1.82, 2.24) is 9.88 Å². The summed E-state index contributed by atoms with van der Waals surface area (Å²) in [6.07, 6.45) is 1.92. The van der Waals surface area contributed by atoms with Gasteiger partial charge in [0.25, 0.3) is 5.91 Å². The maximum absolute atomic E-state index is 12.5. The van der Waals surface area contributed by atoms with Crippen LogP contribution in [-0.4, -0.2) is 15.6 Å². The lowest BCUT2D eigenvalue weighted by molar-refractivity contribution is -0.115. The van der Waals surface area contributed by atoms with Crippen LogP contribution in [0.5, 0.6) is 0 Å². The highest BCUT2D eigenvalue weighted by Crippen LogP contribution is 2.32. The van der Waals surface area contributed by atoms with Crippen LogP contribution in [0.15, 0.2) is 62.9 Å². The third-order valence-corrected chi connectivity index (χ3v) is 6.80. The van der Waals surface area contributed by atoms with Crippen LogP contribution >= 0.6 is 39.3 Å². The molecule has 1 aliphatic heterocycles. The first-order chi connectivity index (χ1) is 14.3. The van der Waals surface area contributed by atoms with Crippen LogP contribution < -0.4 is 5.32 Å². The van der Waals surface area contributed by atoms with Crippen LogP contribution in [0.4, 0.5) is 5.69 Å². The second kappa shape index (κ2) is 8.46. The maximum Gasteiger partial charge on any atom is 0.264 e. The van der Waals surface area contributed by atoms with Crippen molar-refractivity contribution in [3.05, 3.63) is 85.4 Å². The van der Waals surface area contributed by atoms with Gasteiger partial charge in [-0.2, -0.15) is 0 Å². The summed E-state index contributed by atoms with van der Waals surface area (Å²) in [4.78, 5) is 17.7. The van der Waals surface area contributed by atoms with Gasteiger partial charge >= 0.3 is 0 Å². The van der Waals surface area contributed by atoms with Crippen molar-refractivity contribution in [3.63, 3.8) is 0 Å². The Hall–Kier alpha value is -2.28. The zero-order chi connectivity index (χ0) is 21.4. The van der Waals surface area contributed by atoms with Crippen LogP contribution in [0.3, 0.4) is 0 Å². The van der Waals surface area contributed by atoms with Crippen molar-refractivity contribution >= 4 is 62.1 Å². The largest absolute Gasteiger partial charge is 0.318 e. The number of benzene rings is 2. The summed E-state index contributed by atoms with van der Waals surface area (Å²) in [5.74, 6) is -0.146. The highest BCUT2D eigenvalue weighted by atomic mass is 79.9. The van der Waals surface area contributed by atoms with Crippen molar-refractivity contribution in [2.45, 2.75) is 20.8 Å². The highest BCUT2D eigenvalue weighted by Gasteiger charge is 2.25. The summed E-state index contributed by atoms with van der Waals surface area (Å²) in [5, 5.41) is 4.06. The van der Waals surface area contributed by atoms with Gasteiger partial charge in [0.05, 0.1) is 10.6 Å².